The number of carboxylic acid groups (broad SMARTS) is 1. The van der Waals surface area contributed by atoms with Crippen LogP contribution in [0.25, 0.3) is 0 Å². The van der Waals surface area contributed by atoms with Crippen LogP contribution in [-0.4, -0.2) is 47.1 Å². The number of hydrogen-bond donors (Lipinski definition) is 4. The lowest BCUT2D eigenvalue weighted by Gasteiger charge is -2.24. The summed E-state index contributed by atoms with van der Waals surface area (Å²) in [6, 6.07) is 0.00688. The lowest BCUT2D eigenvalue weighted by atomic mass is 9.86. The van der Waals surface area contributed by atoms with Crippen LogP contribution in [0.5, 0.6) is 0 Å². The number of rotatable bonds is 9. The van der Waals surface area contributed by atoms with Gasteiger partial charge < -0.3 is 20.6 Å². The third kappa shape index (κ3) is 17.4. The number of carboxylic acids is 1. The molecule has 0 fully saturated rings. The molecule has 0 bridgehead atoms. The molecule has 0 aliphatic carbocycles. The molecular formula is C14H31NO4. The van der Waals surface area contributed by atoms with E-state index in [4.69, 9.17) is 15.3 Å². The number of hydrogen-bond acceptors (Lipinski definition) is 4. The van der Waals surface area contributed by atoms with E-state index in [-0.39, 0.29) is 24.5 Å². The van der Waals surface area contributed by atoms with Gasteiger partial charge >= 0.3 is 5.97 Å². The second kappa shape index (κ2) is 12.4. The second-order valence-corrected chi connectivity index (χ2v) is 5.56. The largest absolute Gasteiger partial charge is 0.481 e. The average Bonchev–Trinajstić information content (AvgIpc) is 2.28. The lowest BCUT2D eigenvalue weighted by molar-refractivity contribution is -0.137. The Morgan fingerprint density at radius 1 is 1.21 bits per heavy atom. The number of aliphatic hydroxyl groups excluding tert-OH is 2. The van der Waals surface area contributed by atoms with Gasteiger partial charge in [0.15, 0.2) is 0 Å². The molecule has 0 aromatic carbocycles. The van der Waals surface area contributed by atoms with Crippen molar-refractivity contribution in [1.29, 1.82) is 0 Å². The van der Waals surface area contributed by atoms with E-state index in [2.05, 4.69) is 19.2 Å². The summed E-state index contributed by atoms with van der Waals surface area (Å²) in [4.78, 5) is 10.4. The molecule has 0 heterocycles. The number of nitrogens with one attached hydrogen (secondary N) is 1. The molecule has 5 heteroatoms. The summed E-state index contributed by atoms with van der Waals surface area (Å²) in [5, 5.41) is 28.4. The molecule has 4 N–H and O–H groups in total. The van der Waals surface area contributed by atoms with Crippen molar-refractivity contribution >= 4 is 5.97 Å². The Kier molecular flexibility index (Phi) is 13.5. The molecule has 19 heavy (non-hydrogen) atoms. The van der Waals surface area contributed by atoms with Crippen molar-refractivity contribution in [1.82, 2.24) is 5.32 Å². The Morgan fingerprint density at radius 3 is 2.11 bits per heavy atom. The number of aliphatic carboxylic acids is 1. The molecule has 0 aromatic rings. The highest BCUT2D eigenvalue weighted by Gasteiger charge is 2.17. The Balaban J connectivity index is 0. The van der Waals surface area contributed by atoms with Crippen molar-refractivity contribution in [3.05, 3.63) is 0 Å². The predicted molar refractivity (Wildman–Crippen MR) is 77.2 cm³/mol. The first kappa shape index (κ1) is 20.7. The minimum Gasteiger partial charge on any atom is -0.481 e. The molecule has 0 saturated carbocycles. The summed E-state index contributed by atoms with van der Waals surface area (Å²) in [5.74, 6) is -0.774. The Hall–Kier alpha value is -0.650. The molecule has 0 radical (unpaired) electrons. The van der Waals surface area contributed by atoms with E-state index >= 15 is 0 Å². The maximum Gasteiger partial charge on any atom is 0.304 e. The van der Waals surface area contributed by atoms with Gasteiger partial charge in [0.25, 0.3) is 0 Å². The molecular weight excluding hydrogens is 246 g/mol. The normalized spacial score (nSPS) is 12.5. The third-order valence-electron chi connectivity index (χ3n) is 2.79. The molecule has 116 valence electrons. The van der Waals surface area contributed by atoms with Gasteiger partial charge in [-0.25, -0.2) is 0 Å². The van der Waals surface area contributed by atoms with Crippen molar-refractivity contribution in [2.45, 2.75) is 59.4 Å². The molecule has 0 saturated heterocycles. The average molecular weight is 277 g/mol. The van der Waals surface area contributed by atoms with E-state index in [0.29, 0.717) is 6.61 Å². The van der Waals surface area contributed by atoms with E-state index in [1.165, 1.54) is 0 Å². The van der Waals surface area contributed by atoms with Crippen LogP contribution >= 0.6 is 0 Å². The van der Waals surface area contributed by atoms with E-state index in [1.54, 1.807) is 0 Å². The zero-order valence-electron chi connectivity index (χ0n) is 12.8. The molecule has 0 aromatic heterocycles. The zero-order chi connectivity index (χ0) is 15.3. The smallest absolute Gasteiger partial charge is 0.304 e. The maximum absolute atomic E-state index is 10.4. The van der Waals surface area contributed by atoms with Crippen LogP contribution in [0.2, 0.25) is 0 Å². The second-order valence-electron chi connectivity index (χ2n) is 5.56. The highest BCUT2D eigenvalue weighted by atomic mass is 16.4. The molecule has 0 aliphatic rings. The monoisotopic (exact) mass is 277 g/mol. The van der Waals surface area contributed by atoms with Crippen LogP contribution in [0, 0.1) is 5.41 Å². The molecule has 5 nitrogen and oxygen atoms in total. The number of aliphatic hydroxyl groups is 2. The molecule has 0 amide bonds. The van der Waals surface area contributed by atoms with Crippen molar-refractivity contribution in [3.63, 3.8) is 0 Å². The van der Waals surface area contributed by atoms with Crippen LogP contribution < -0.4 is 5.32 Å². The summed E-state index contributed by atoms with van der Waals surface area (Å²) >= 11 is 0. The SMILES string of the molecule is CC(CC(=O)O)NCCC(C)(C)CCO.CCCO. The fourth-order valence-electron chi connectivity index (χ4n) is 1.42. The van der Waals surface area contributed by atoms with Crippen LogP contribution in [0.1, 0.15) is 53.4 Å². The first-order chi connectivity index (χ1) is 8.79. The first-order valence-corrected chi connectivity index (χ1v) is 6.96. The Labute approximate surface area is 117 Å². The van der Waals surface area contributed by atoms with Crippen LogP contribution in [0.15, 0.2) is 0 Å². The minimum atomic E-state index is -0.774. The Bertz CT molecular complexity index is 217. The standard InChI is InChI=1S/C11H23NO3.C3H8O/c1-9(8-10(14)15)12-6-4-11(2,3)5-7-13;1-2-3-4/h9,12-13H,4-8H2,1-3H3,(H,14,15);4H,2-3H2,1H3. The van der Waals surface area contributed by atoms with Crippen molar-refractivity contribution < 1.29 is 20.1 Å². The van der Waals surface area contributed by atoms with E-state index in [1.807, 2.05) is 13.8 Å². The maximum atomic E-state index is 10.4. The quantitative estimate of drug-likeness (QED) is 0.514. The van der Waals surface area contributed by atoms with Crippen molar-refractivity contribution in [2.75, 3.05) is 19.8 Å². The minimum absolute atomic E-state index is 0.00688. The van der Waals surface area contributed by atoms with Crippen molar-refractivity contribution in [2.24, 2.45) is 5.41 Å². The topological polar surface area (TPSA) is 89.8 Å². The van der Waals surface area contributed by atoms with Crippen molar-refractivity contribution in [3.8, 4) is 0 Å². The number of carbonyl (C=O) groups is 1. The lowest BCUT2D eigenvalue weighted by Crippen LogP contribution is -2.31. The predicted octanol–water partition coefficient (Wildman–Crippen LogP) is 1.63. The summed E-state index contributed by atoms with van der Waals surface area (Å²) in [7, 11) is 0. The summed E-state index contributed by atoms with van der Waals surface area (Å²) in [6.45, 7) is 9.33. The summed E-state index contributed by atoms with van der Waals surface area (Å²) in [6.07, 6.45) is 2.75. The summed E-state index contributed by atoms with van der Waals surface area (Å²) < 4.78 is 0. The third-order valence-corrected chi connectivity index (χ3v) is 2.79. The zero-order valence-corrected chi connectivity index (χ0v) is 12.8. The highest BCUT2D eigenvalue weighted by molar-refractivity contribution is 5.67. The van der Waals surface area contributed by atoms with Gasteiger partial charge in [-0.2, -0.15) is 0 Å². The molecule has 0 aliphatic heterocycles. The van der Waals surface area contributed by atoms with Crippen LogP contribution in [-0.2, 0) is 4.79 Å². The van der Waals surface area contributed by atoms with Gasteiger partial charge in [-0.1, -0.05) is 20.8 Å². The molecule has 0 rings (SSSR count). The van der Waals surface area contributed by atoms with Gasteiger partial charge in [-0.15, -0.1) is 0 Å². The van der Waals surface area contributed by atoms with Crippen LogP contribution in [0.3, 0.4) is 0 Å². The Morgan fingerprint density at radius 2 is 1.74 bits per heavy atom. The van der Waals surface area contributed by atoms with Gasteiger partial charge in [0.1, 0.15) is 0 Å². The van der Waals surface area contributed by atoms with Gasteiger partial charge in [0, 0.05) is 19.3 Å². The highest BCUT2D eigenvalue weighted by Crippen LogP contribution is 2.23. The van der Waals surface area contributed by atoms with E-state index in [0.717, 1.165) is 25.8 Å². The van der Waals surface area contributed by atoms with Gasteiger partial charge in [0.2, 0.25) is 0 Å². The van der Waals surface area contributed by atoms with Gasteiger partial charge in [0.05, 0.1) is 6.42 Å². The molecule has 0 spiro atoms. The fraction of sp³-hybridized carbons (Fsp3) is 0.929. The molecule has 1 unspecified atom stereocenters. The summed E-state index contributed by atoms with van der Waals surface area (Å²) in [5.41, 5.74) is 0.116. The van der Waals surface area contributed by atoms with Gasteiger partial charge in [-0.3, -0.25) is 4.79 Å². The van der Waals surface area contributed by atoms with E-state index < -0.39 is 5.97 Å². The molecule has 1 atom stereocenters. The first-order valence-electron chi connectivity index (χ1n) is 6.96. The fourth-order valence-corrected chi connectivity index (χ4v) is 1.42. The van der Waals surface area contributed by atoms with E-state index in [9.17, 15) is 4.79 Å². The van der Waals surface area contributed by atoms with Gasteiger partial charge in [-0.05, 0) is 38.1 Å². The van der Waals surface area contributed by atoms with Crippen LogP contribution in [0.4, 0.5) is 0 Å².